The summed E-state index contributed by atoms with van der Waals surface area (Å²) in [5.41, 5.74) is 7.20. The van der Waals surface area contributed by atoms with Crippen molar-refractivity contribution in [3.63, 3.8) is 0 Å². The van der Waals surface area contributed by atoms with Gasteiger partial charge < -0.3 is 10.5 Å². The van der Waals surface area contributed by atoms with Gasteiger partial charge in [0.05, 0.1) is 11.2 Å². The molecule has 18 heavy (non-hydrogen) atoms. The topological polar surface area (TPSA) is 61.0 Å². The Bertz CT molecular complexity index is 713. The summed E-state index contributed by atoms with van der Waals surface area (Å²) >= 11 is 7.43. The number of ether oxygens (including phenoxy) is 1. The predicted molar refractivity (Wildman–Crippen MR) is 73.4 cm³/mol. The molecule has 0 aliphatic rings. The van der Waals surface area contributed by atoms with Crippen LogP contribution in [0.2, 0.25) is 5.02 Å². The number of benzene rings is 1. The lowest BCUT2D eigenvalue weighted by molar-refractivity contribution is 0.471. The fraction of sp³-hybridized carbons (Fsp3) is 0. The van der Waals surface area contributed by atoms with E-state index in [2.05, 4.69) is 9.97 Å². The van der Waals surface area contributed by atoms with Crippen molar-refractivity contribution in [1.29, 1.82) is 0 Å². The summed E-state index contributed by atoms with van der Waals surface area (Å²) in [6.07, 6.45) is 1.46. The van der Waals surface area contributed by atoms with E-state index in [1.54, 1.807) is 18.2 Å². The van der Waals surface area contributed by atoms with Gasteiger partial charge in [-0.25, -0.2) is 9.97 Å². The molecule has 0 bridgehead atoms. The van der Waals surface area contributed by atoms with Gasteiger partial charge >= 0.3 is 0 Å². The maximum atomic E-state index is 5.91. The molecule has 0 aliphatic heterocycles. The first-order chi connectivity index (χ1) is 8.74. The van der Waals surface area contributed by atoms with E-state index in [4.69, 9.17) is 22.1 Å². The van der Waals surface area contributed by atoms with E-state index in [0.29, 0.717) is 22.3 Å². The molecule has 0 radical (unpaired) electrons. The summed E-state index contributed by atoms with van der Waals surface area (Å²) in [5.74, 6) is 0.986. The molecule has 2 heterocycles. The maximum Gasteiger partial charge on any atom is 0.240 e. The molecule has 0 aliphatic carbocycles. The highest BCUT2D eigenvalue weighted by Crippen LogP contribution is 2.34. The Morgan fingerprint density at radius 2 is 2.11 bits per heavy atom. The molecule has 90 valence electrons. The van der Waals surface area contributed by atoms with Crippen LogP contribution >= 0.6 is 22.9 Å². The average molecular weight is 278 g/mol. The predicted octanol–water partition coefficient (Wildman–Crippen LogP) is 3.72. The molecule has 3 rings (SSSR count). The van der Waals surface area contributed by atoms with Crippen LogP contribution in [0.5, 0.6) is 11.6 Å². The third kappa shape index (κ3) is 1.98. The van der Waals surface area contributed by atoms with E-state index in [1.165, 1.54) is 17.7 Å². The van der Waals surface area contributed by atoms with Gasteiger partial charge in [-0.05, 0) is 23.6 Å². The van der Waals surface area contributed by atoms with E-state index >= 15 is 0 Å². The fourth-order valence-corrected chi connectivity index (χ4v) is 2.47. The smallest absolute Gasteiger partial charge is 0.240 e. The van der Waals surface area contributed by atoms with E-state index in [9.17, 15) is 0 Å². The number of nitrogens with two attached hydrogens (primary N) is 1. The van der Waals surface area contributed by atoms with Gasteiger partial charge in [0.25, 0.3) is 0 Å². The van der Waals surface area contributed by atoms with Crippen molar-refractivity contribution in [2.24, 2.45) is 0 Å². The number of rotatable bonds is 2. The summed E-state index contributed by atoms with van der Waals surface area (Å²) in [6.45, 7) is 0. The third-order valence-corrected chi connectivity index (χ3v) is 3.52. The zero-order valence-electron chi connectivity index (χ0n) is 9.13. The minimum absolute atomic E-state index is 0.490. The lowest BCUT2D eigenvalue weighted by atomic mass is 10.3. The number of hydrogen-bond donors (Lipinski definition) is 1. The highest BCUT2D eigenvalue weighted by atomic mass is 35.5. The Labute approximate surface area is 112 Å². The van der Waals surface area contributed by atoms with Crippen LogP contribution in [0.15, 0.2) is 36.0 Å². The summed E-state index contributed by atoms with van der Waals surface area (Å²) in [4.78, 5) is 8.27. The van der Waals surface area contributed by atoms with Crippen LogP contribution in [0.4, 0.5) is 5.69 Å². The Morgan fingerprint density at radius 3 is 3.00 bits per heavy atom. The molecule has 6 heteroatoms. The highest BCUT2D eigenvalue weighted by Gasteiger charge is 2.09. The molecule has 0 saturated heterocycles. The van der Waals surface area contributed by atoms with Crippen molar-refractivity contribution in [2.45, 2.75) is 0 Å². The first-order valence-corrected chi connectivity index (χ1v) is 6.41. The summed E-state index contributed by atoms with van der Waals surface area (Å²) in [7, 11) is 0. The van der Waals surface area contributed by atoms with Crippen LogP contribution in [0.1, 0.15) is 0 Å². The Balaban J connectivity index is 2.06. The number of nitrogens with zero attached hydrogens (tertiary/aromatic N) is 2. The van der Waals surface area contributed by atoms with E-state index in [1.807, 2.05) is 11.4 Å². The molecular formula is C12H8ClN3OS. The number of aromatic nitrogens is 2. The molecule has 3 aromatic rings. The number of fused-ring (bicyclic) bond motifs is 1. The number of anilines is 1. The highest BCUT2D eigenvalue weighted by molar-refractivity contribution is 7.17. The standard InChI is InChI=1S/C12H8ClN3OS/c13-7-1-2-8(14)10(5-7)17-12-11-9(3-4-18-11)15-6-16-12/h1-6H,14H2. The van der Waals surface area contributed by atoms with Gasteiger partial charge in [0, 0.05) is 11.1 Å². The van der Waals surface area contributed by atoms with Crippen molar-refractivity contribution in [3.05, 3.63) is 41.0 Å². The lowest BCUT2D eigenvalue weighted by Crippen LogP contribution is -1.94. The SMILES string of the molecule is Nc1ccc(Cl)cc1Oc1ncnc2ccsc12. The van der Waals surface area contributed by atoms with Crippen LogP contribution in [0.25, 0.3) is 10.2 Å². The van der Waals surface area contributed by atoms with Gasteiger partial charge in [-0.3, -0.25) is 0 Å². The monoisotopic (exact) mass is 277 g/mol. The summed E-state index contributed by atoms with van der Waals surface area (Å²) < 4.78 is 6.60. The fourth-order valence-electron chi connectivity index (χ4n) is 1.54. The van der Waals surface area contributed by atoms with E-state index in [0.717, 1.165) is 10.2 Å². The molecule has 4 nitrogen and oxygen atoms in total. The molecule has 1 aromatic carbocycles. The van der Waals surface area contributed by atoms with Crippen LogP contribution in [0.3, 0.4) is 0 Å². The molecular weight excluding hydrogens is 270 g/mol. The molecule has 0 unspecified atom stereocenters. The van der Waals surface area contributed by atoms with Gasteiger partial charge in [0.15, 0.2) is 5.75 Å². The first-order valence-electron chi connectivity index (χ1n) is 5.15. The van der Waals surface area contributed by atoms with Crippen molar-refractivity contribution in [2.75, 3.05) is 5.73 Å². The average Bonchev–Trinajstić information content (AvgIpc) is 2.83. The zero-order valence-corrected chi connectivity index (χ0v) is 10.7. The van der Waals surface area contributed by atoms with Crippen molar-refractivity contribution in [3.8, 4) is 11.6 Å². The molecule has 2 aromatic heterocycles. The van der Waals surface area contributed by atoms with Gasteiger partial charge in [0.1, 0.15) is 11.0 Å². The quantitative estimate of drug-likeness (QED) is 0.725. The molecule has 0 fully saturated rings. The second kappa shape index (κ2) is 4.44. The molecule has 0 spiro atoms. The zero-order chi connectivity index (χ0) is 12.5. The normalized spacial score (nSPS) is 10.7. The number of halogens is 1. The Morgan fingerprint density at radius 1 is 1.22 bits per heavy atom. The molecule has 0 saturated carbocycles. The third-order valence-electron chi connectivity index (χ3n) is 2.39. The maximum absolute atomic E-state index is 5.91. The minimum atomic E-state index is 0.490. The second-order valence-electron chi connectivity index (χ2n) is 3.60. The van der Waals surface area contributed by atoms with Crippen molar-refractivity contribution < 1.29 is 4.74 Å². The summed E-state index contributed by atoms with van der Waals surface area (Å²) in [6, 6.07) is 6.99. The van der Waals surface area contributed by atoms with Crippen LogP contribution in [-0.4, -0.2) is 9.97 Å². The number of thiophene rings is 1. The van der Waals surface area contributed by atoms with Gasteiger partial charge in [-0.2, -0.15) is 0 Å². The molecule has 2 N–H and O–H groups in total. The van der Waals surface area contributed by atoms with Crippen molar-refractivity contribution >= 4 is 38.8 Å². The Hall–Kier alpha value is -1.85. The van der Waals surface area contributed by atoms with Gasteiger partial charge in [-0.1, -0.05) is 11.6 Å². The summed E-state index contributed by atoms with van der Waals surface area (Å²) in [5, 5.41) is 2.50. The van der Waals surface area contributed by atoms with Gasteiger partial charge in [-0.15, -0.1) is 11.3 Å². The Kier molecular flexibility index (Phi) is 2.77. The van der Waals surface area contributed by atoms with Crippen LogP contribution in [0, 0.1) is 0 Å². The van der Waals surface area contributed by atoms with Crippen LogP contribution < -0.4 is 10.5 Å². The van der Waals surface area contributed by atoms with Crippen molar-refractivity contribution in [1.82, 2.24) is 9.97 Å². The molecule has 0 atom stereocenters. The van der Waals surface area contributed by atoms with E-state index in [-0.39, 0.29) is 0 Å². The van der Waals surface area contributed by atoms with Gasteiger partial charge in [0.2, 0.25) is 5.88 Å². The largest absolute Gasteiger partial charge is 0.435 e. The second-order valence-corrected chi connectivity index (χ2v) is 4.95. The van der Waals surface area contributed by atoms with Crippen LogP contribution in [-0.2, 0) is 0 Å². The lowest BCUT2D eigenvalue weighted by Gasteiger charge is -2.08. The number of hydrogen-bond acceptors (Lipinski definition) is 5. The van der Waals surface area contributed by atoms with E-state index < -0.39 is 0 Å². The number of nitrogen functional groups attached to an aromatic ring is 1. The first kappa shape index (κ1) is 11.3. The molecule has 0 amide bonds. The minimum Gasteiger partial charge on any atom is -0.435 e.